The van der Waals surface area contributed by atoms with E-state index in [-0.39, 0.29) is 11.4 Å². The van der Waals surface area contributed by atoms with Crippen LogP contribution < -0.4 is 5.32 Å². The summed E-state index contributed by atoms with van der Waals surface area (Å²) in [7, 11) is 0. The number of benzene rings is 2. The van der Waals surface area contributed by atoms with Crippen molar-refractivity contribution < 1.29 is 13.6 Å². The molecule has 0 aliphatic carbocycles. The Morgan fingerprint density at radius 2 is 1.92 bits per heavy atom. The van der Waals surface area contributed by atoms with Crippen molar-refractivity contribution in [3.63, 3.8) is 0 Å². The Kier molecular flexibility index (Phi) is 5.62. The van der Waals surface area contributed by atoms with Crippen molar-refractivity contribution in [3.05, 3.63) is 59.7 Å². The minimum absolute atomic E-state index is 0.0141. The molecule has 0 spiro atoms. The van der Waals surface area contributed by atoms with Crippen molar-refractivity contribution in [1.82, 2.24) is 15.2 Å². The highest BCUT2D eigenvalue weighted by Crippen LogP contribution is 2.21. The van der Waals surface area contributed by atoms with Crippen LogP contribution in [0.15, 0.2) is 47.6 Å². The molecular formula is C18H16F2N4OS. The number of hydrogen-bond acceptors (Lipinski definition) is 4. The monoisotopic (exact) mass is 374 g/mol. The van der Waals surface area contributed by atoms with Gasteiger partial charge in [0.25, 0.3) is 0 Å². The number of H-pyrrole nitrogens is 1. The van der Waals surface area contributed by atoms with Crippen LogP contribution in [0.25, 0.3) is 11.4 Å². The molecule has 8 heteroatoms. The molecule has 0 bridgehead atoms. The van der Waals surface area contributed by atoms with E-state index in [1.807, 2.05) is 24.3 Å². The third kappa shape index (κ3) is 4.45. The van der Waals surface area contributed by atoms with E-state index in [9.17, 15) is 13.6 Å². The van der Waals surface area contributed by atoms with E-state index in [1.54, 1.807) is 0 Å². The van der Waals surface area contributed by atoms with Crippen LogP contribution in [0.4, 0.5) is 14.5 Å². The first kappa shape index (κ1) is 18.1. The summed E-state index contributed by atoms with van der Waals surface area (Å²) in [6, 6.07) is 10.9. The molecule has 0 radical (unpaired) electrons. The number of carbonyl (C=O) groups excluding carboxylic acids is 1. The van der Waals surface area contributed by atoms with E-state index >= 15 is 0 Å². The maximum absolute atomic E-state index is 13.5. The Bertz CT molecular complexity index is 912. The van der Waals surface area contributed by atoms with Crippen LogP contribution in [0.5, 0.6) is 0 Å². The van der Waals surface area contributed by atoms with Gasteiger partial charge in [-0.05, 0) is 24.1 Å². The fourth-order valence-electron chi connectivity index (χ4n) is 2.25. The second-order valence-electron chi connectivity index (χ2n) is 5.49. The van der Waals surface area contributed by atoms with Gasteiger partial charge in [0, 0.05) is 11.6 Å². The van der Waals surface area contributed by atoms with Crippen LogP contribution in [-0.4, -0.2) is 26.8 Å². The van der Waals surface area contributed by atoms with Crippen LogP contribution in [0, 0.1) is 11.6 Å². The van der Waals surface area contributed by atoms with E-state index in [4.69, 9.17) is 0 Å². The first-order valence-electron chi connectivity index (χ1n) is 7.95. The molecule has 26 heavy (non-hydrogen) atoms. The Morgan fingerprint density at radius 1 is 1.15 bits per heavy atom. The first-order chi connectivity index (χ1) is 12.5. The number of hydrogen-bond donors (Lipinski definition) is 2. The molecule has 5 nitrogen and oxygen atoms in total. The molecule has 0 atom stereocenters. The lowest BCUT2D eigenvalue weighted by atomic mass is 10.1. The molecule has 3 aromatic rings. The molecule has 2 aromatic carbocycles. The number of aromatic amines is 1. The van der Waals surface area contributed by atoms with Gasteiger partial charge in [-0.3, -0.25) is 4.79 Å². The number of nitrogens with one attached hydrogen (secondary N) is 2. The molecule has 3 rings (SSSR count). The predicted molar refractivity (Wildman–Crippen MR) is 96.9 cm³/mol. The lowest BCUT2D eigenvalue weighted by molar-refractivity contribution is -0.113. The number of anilines is 1. The smallest absolute Gasteiger partial charge is 0.234 e. The van der Waals surface area contributed by atoms with Crippen LogP contribution in [0.2, 0.25) is 0 Å². The predicted octanol–water partition coefficient (Wildman–Crippen LogP) is 4.04. The molecule has 1 amide bonds. The molecule has 1 heterocycles. The quantitative estimate of drug-likeness (QED) is 0.639. The molecule has 134 valence electrons. The fraction of sp³-hybridized carbons (Fsp3) is 0.167. The summed E-state index contributed by atoms with van der Waals surface area (Å²) in [4.78, 5) is 15.0. The molecule has 0 fully saturated rings. The van der Waals surface area contributed by atoms with Crippen molar-refractivity contribution in [1.29, 1.82) is 0 Å². The van der Waals surface area contributed by atoms with Crippen molar-refractivity contribution in [2.24, 2.45) is 0 Å². The van der Waals surface area contributed by atoms with Crippen molar-refractivity contribution in [3.8, 4) is 11.4 Å². The topological polar surface area (TPSA) is 70.7 Å². The summed E-state index contributed by atoms with van der Waals surface area (Å²) in [5.74, 6) is -1.32. The van der Waals surface area contributed by atoms with Gasteiger partial charge in [-0.15, -0.1) is 10.2 Å². The molecular weight excluding hydrogens is 358 g/mol. The van der Waals surface area contributed by atoms with Gasteiger partial charge < -0.3 is 10.3 Å². The number of halogens is 2. The SMILES string of the molecule is CCc1ccc(-c2nnc(SCC(=O)Nc3ccc(F)cc3F)[nH]2)cc1. The maximum atomic E-state index is 13.5. The summed E-state index contributed by atoms with van der Waals surface area (Å²) in [5, 5.41) is 10.9. The summed E-state index contributed by atoms with van der Waals surface area (Å²) in [5.41, 5.74) is 2.07. The van der Waals surface area contributed by atoms with Crippen LogP contribution in [0.1, 0.15) is 12.5 Å². The highest BCUT2D eigenvalue weighted by molar-refractivity contribution is 7.99. The minimum atomic E-state index is -0.819. The normalized spacial score (nSPS) is 10.7. The Balaban J connectivity index is 1.58. The van der Waals surface area contributed by atoms with Gasteiger partial charge in [0.05, 0.1) is 11.4 Å². The van der Waals surface area contributed by atoms with Crippen molar-refractivity contribution in [2.45, 2.75) is 18.5 Å². The minimum Gasteiger partial charge on any atom is -0.323 e. The van der Waals surface area contributed by atoms with Crippen molar-refractivity contribution in [2.75, 3.05) is 11.1 Å². The molecule has 0 saturated carbocycles. The van der Waals surface area contributed by atoms with Gasteiger partial charge in [0.2, 0.25) is 5.91 Å². The zero-order valence-electron chi connectivity index (χ0n) is 13.9. The Hall–Kier alpha value is -2.74. The zero-order chi connectivity index (χ0) is 18.5. The number of aryl methyl sites for hydroxylation is 1. The maximum Gasteiger partial charge on any atom is 0.234 e. The van der Waals surface area contributed by atoms with Crippen molar-refractivity contribution >= 4 is 23.4 Å². The summed E-state index contributed by atoms with van der Waals surface area (Å²) in [6.45, 7) is 2.08. The standard InChI is InChI=1S/C18H16F2N4OS/c1-2-11-3-5-12(6-4-11)17-22-18(24-23-17)26-10-16(25)21-15-8-7-13(19)9-14(15)20/h3-9H,2,10H2,1H3,(H,21,25)(H,22,23,24). The van der Waals surface area contributed by atoms with E-state index in [2.05, 4.69) is 27.4 Å². The molecule has 0 aliphatic heterocycles. The largest absolute Gasteiger partial charge is 0.323 e. The van der Waals surface area contributed by atoms with E-state index in [1.165, 1.54) is 11.6 Å². The van der Waals surface area contributed by atoms with Gasteiger partial charge in [0.15, 0.2) is 11.0 Å². The lowest BCUT2D eigenvalue weighted by Gasteiger charge is -2.05. The van der Waals surface area contributed by atoms with Gasteiger partial charge in [-0.2, -0.15) is 0 Å². The fourth-order valence-corrected chi connectivity index (χ4v) is 2.86. The highest BCUT2D eigenvalue weighted by Gasteiger charge is 2.11. The number of carbonyl (C=O) groups is 1. The zero-order valence-corrected chi connectivity index (χ0v) is 14.7. The number of aromatic nitrogens is 3. The van der Waals surface area contributed by atoms with Crippen LogP contribution in [0.3, 0.4) is 0 Å². The van der Waals surface area contributed by atoms with Crippen LogP contribution >= 0.6 is 11.8 Å². The molecule has 0 aliphatic rings. The summed E-state index contributed by atoms with van der Waals surface area (Å²) < 4.78 is 26.4. The second-order valence-corrected chi connectivity index (χ2v) is 6.45. The first-order valence-corrected chi connectivity index (χ1v) is 8.93. The van der Waals surface area contributed by atoms with E-state index < -0.39 is 17.5 Å². The third-order valence-electron chi connectivity index (χ3n) is 3.65. The summed E-state index contributed by atoms with van der Waals surface area (Å²) in [6.07, 6.45) is 0.960. The molecule has 0 saturated heterocycles. The lowest BCUT2D eigenvalue weighted by Crippen LogP contribution is -2.15. The summed E-state index contributed by atoms with van der Waals surface area (Å²) >= 11 is 1.14. The average Bonchev–Trinajstić information content (AvgIpc) is 3.11. The third-order valence-corrected chi connectivity index (χ3v) is 4.51. The molecule has 0 unspecified atom stereocenters. The van der Waals surface area contributed by atoms with Crippen LogP contribution in [-0.2, 0) is 11.2 Å². The molecule has 1 aromatic heterocycles. The van der Waals surface area contributed by atoms with E-state index in [0.717, 1.165) is 35.9 Å². The van der Waals surface area contributed by atoms with Gasteiger partial charge in [0.1, 0.15) is 11.6 Å². The Morgan fingerprint density at radius 3 is 2.62 bits per heavy atom. The highest BCUT2D eigenvalue weighted by atomic mass is 32.2. The van der Waals surface area contributed by atoms with Gasteiger partial charge in [-0.25, -0.2) is 8.78 Å². The van der Waals surface area contributed by atoms with E-state index in [0.29, 0.717) is 11.0 Å². The number of amides is 1. The average molecular weight is 374 g/mol. The Labute approximate surface area is 153 Å². The van der Waals surface area contributed by atoms with Gasteiger partial charge >= 0.3 is 0 Å². The number of nitrogens with zero attached hydrogens (tertiary/aromatic N) is 2. The molecule has 2 N–H and O–H groups in total. The number of rotatable bonds is 6. The number of thioether (sulfide) groups is 1. The second kappa shape index (κ2) is 8.09. The van der Waals surface area contributed by atoms with Gasteiger partial charge in [-0.1, -0.05) is 43.0 Å².